The molecule has 0 aromatic carbocycles. The average molecular weight is 198 g/mol. The fraction of sp³-hybridized carbons (Fsp3) is 0.846. The summed E-state index contributed by atoms with van der Waals surface area (Å²) >= 11 is 0. The van der Waals surface area contributed by atoms with E-state index in [1.165, 1.54) is 38.5 Å². The lowest BCUT2D eigenvalue weighted by atomic mass is 10.1. The molecule has 14 heavy (non-hydrogen) atoms. The third-order valence-electron chi connectivity index (χ3n) is 2.42. The van der Waals surface area contributed by atoms with Crippen molar-refractivity contribution in [3.05, 3.63) is 12.2 Å². The standard InChI is InChI=1S/C13H26O/c1-2-3-4-5-6-7-8-9-10-11-12-13-14/h8-9,14H,2-7,10-13H2,1H3. The Kier molecular flexibility index (Phi) is 12.4. The molecule has 0 aliphatic carbocycles. The van der Waals surface area contributed by atoms with Crippen LogP contribution in [-0.2, 0) is 0 Å². The summed E-state index contributed by atoms with van der Waals surface area (Å²) in [6, 6.07) is 0. The first-order valence-electron chi connectivity index (χ1n) is 6.17. The van der Waals surface area contributed by atoms with Crippen LogP contribution in [0.15, 0.2) is 12.2 Å². The van der Waals surface area contributed by atoms with Gasteiger partial charge in [-0.1, -0.05) is 44.8 Å². The van der Waals surface area contributed by atoms with Crippen LogP contribution in [0.25, 0.3) is 0 Å². The van der Waals surface area contributed by atoms with Crippen molar-refractivity contribution in [2.24, 2.45) is 0 Å². The van der Waals surface area contributed by atoms with E-state index >= 15 is 0 Å². The summed E-state index contributed by atoms with van der Waals surface area (Å²) in [5, 5.41) is 8.57. The van der Waals surface area contributed by atoms with E-state index in [4.69, 9.17) is 5.11 Å². The van der Waals surface area contributed by atoms with E-state index in [-0.39, 0.29) is 0 Å². The van der Waals surface area contributed by atoms with Crippen LogP contribution >= 0.6 is 0 Å². The smallest absolute Gasteiger partial charge is 0.0431 e. The summed E-state index contributed by atoms with van der Waals surface area (Å²) in [6.07, 6.45) is 15.8. The maximum Gasteiger partial charge on any atom is 0.0431 e. The minimum Gasteiger partial charge on any atom is -0.396 e. The van der Waals surface area contributed by atoms with E-state index in [1.54, 1.807) is 0 Å². The number of rotatable bonds is 10. The predicted molar refractivity (Wildman–Crippen MR) is 63.5 cm³/mol. The van der Waals surface area contributed by atoms with Crippen molar-refractivity contribution in [3.8, 4) is 0 Å². The number of allylic oxidation sites excluding steroid dienone is 2. The van der Waals surface area contributed by atoms with E-state index in [0.29, 0.717) is 6.61 Å². The van der Waals surface area contributed by atoms with Crippen molar-refractivity contribution < 1.29 is 5.11 Å². The molecule has 0 unspecified atom stereocenters. The Labute approximate surface area is 89.2 Å². The topological polar surface area (TPSA) is 20.2 Å². The third-order valence-corrected chi connectivity index (χ3v) is 2.42. The summed E-state index contributed by atoms with van der Waals surface area (Å²) < 4.78 is 0. The summed E-state index contributed by atoms with van der Waals surface area (Å²) in [6.45, 7) is 2.59. The molecule has 1 nitrogen and oxygen atoms in total. The van der Waals surface area contributed by atoms with Crippen molar-refractivity contribution in [1.29, 1.82) is 0 Å². The Balaban J connectivity index is 2.96. The molecule has 0 aromatic heterocycles. The highest BCUT2D eigenvalue weighted by atomic mass is 16.2. The fourth-order valence-electron chi connectivity index (χ4n) is 1.48. The third kappa shape index (κ3) is 11.7. The van der Waals surface area contributed by atoms with Gasteiger partial charge in [0, 0.05) is 6.61 Å². The van der Waals surface area contributed by atoms with Gasteiger partial charge < -0.3 is 5.11 Å². The van der Waals surface area contributed by atoms with Crippen LogP contribution in [-0.4, -0.2) is 11.7 Å². The number of hydrogen-bond acceptors (Lipinski definition) is 1. The van der Waals surface area contributed by atoms with Gasteiger partial charge in [-0.05, 0) is 32.1 Å². The molecule has 0 amide bonds. The van der Waals surface area contributed by atoms with Crippen LogP contribution in [0.5, 0.6) is 0 Å². The largest absolute Gasteiger partial charge is 0.396 e. The molecule has 0 saturated carbocycles. The molecular formula is C13H26O. The highest BCUT2D eigenvalue weighted by molar-refractivity contribution is 4.81. The molecule has 0 spiro atoms. The van der Waals surface area contributed by atoms with Crippen molar-refractivity contribution in [2.75, 3.05) is 6.61 Å². The second-order valence-electron chi connectivity index (χ2n) is 3.89. The first-order valence-corrected chi connectivity index (χ1v) is 6.17. The lowest BCUT2D eigenvalue weighted by Crippen LogP contribution is -1.80. The molecule has 0 heterocycles. The van der Waals surface area contributed by atoms with E-state index in [2.05, 4.69) is 19.1 Å². The van der Waals surface area contributed by atoms with E-state index in [0.717, 1.165) is 19.3 Å². The van der Waals surface area contributed by atoms with E-state index in [1.807, 2.05) is 0 Å². The van der Waals surface area contributed by atoms with Crippen LogP contribution in [0.4, 0.5) is 0 Å². The molecule has 1 heteroatoms. The highest BCUT2D eigenvalue weighted by Crippen LogP contribution is 2.06. The van der Waals surface area contributed by atoms with Gasteiger partial charge in [-0.25, -0.2) is 0 Å². The molecule has 0 rings (SSSR count). The van der Waals surface area contributed by atoms with Crippen LogP contribution in [0.3, 0.4) is 0 Å². The summed E-state index contributed by atoms with van der Waals surface area (Å²) in [5.41, 5.74) is 0. The molecule has 84 valence electrons. The number of aliphatic hydroxyl groups excluding tert-OH is 1. The van der Waals surface area contributed by atoms with Crippen LogP contribution < -0.4 is 0 Å². The number of hydrogen-bond donors (Lipinski definition) is 1. The summed E-state index contributed by atoms with van der Waals surface area (Å²) in [4.78, 5) is 0. The number of aliphatic hydroxyl groups is 1. The molecule has 0 atom stereocenters. The molecule has 0 aliphatic rings. The van der Waals surface area contributed by atoms with E-state index in [9.17, 15) is 0 Å². The second kappa shape index (κ2) is 12.7. The predicted octanol–water partition coefficient (Wildman–Crippen LogP) is 4.07. The lowest BCUT2D eigenvalue weighted by molar-refractivity contribution is 0.285. The first-order chi connectivity index (χ1) is 6.91. The molecule has 1 N–H and O–H groups in total. The van der Waals surface area contributed by atoms with Gasteiger partial charge in [-0.2, -0.15) is 0 Å². The molecular weight excluding hydrogens is 172 g/mol. The number of unbranched alkanes of at least 4 members (excludes halogenated alkanes) is 7. The Hall–Kier alpha value is -0.300. The van der Waals surface area contributed by atoms with Crippen molar-refractivity contribution in [3.63, 3.8) is 0 Å². The molecule has 0 fully saturated rings. The summed E-state index contributed by atoms with van der Waals surface area (Å²) in [7, 11) is 0. The van der Waals surface area contributed by atoms with Gasteiger partial charge in [0.15, 0.2) is 0 Å². The minimum absolute atomic E-state index is 0.338. The quantitative estimate of drug-likeness (QED) is 0.414. The molecule has 0 aliphatic heterocycles. The Morgan fingerprint density at radius 1 is 0.786 bits per heavy atom. The second-order valence-corrected chi connectivity index (χ2v) is 3.89. The lowest BCUT2D eigenvalue weighted by Gasteiger charge is -1.96. The molecule has 0 radical (unpaired) electrons. The average Bonchev–Trinajstić information content (AvgIpc) is 2.21. The Morgan fingerprint density at radius 3 is 1.93 bits per heavy atom. The van der Waals surface area contributed by atoms with Crippen molar-refractivity contribution in [1.82, 2.24) is 0 Å². The van der Waals surface area contributed by atoms with Gasteiger partial charge in [-0.15, -0.1) is 0 Å². The normalized spacial score (nSPS) is 11.3. The van der Waals surface area contributed by atoms with Gasteiger partial charge >= 0.3 is 0 Å². The monoisotopic (exact) mass is 198 g/mol. The first kappa shape index (κ1) is 13.7. The molecule has 0 saturated heterocycles. The van der Waals surface area contributed by atoms with Gasteiger partial charge in [-0.3, -0.25) is 0 Å². The maximum absolute atomic E-state index is 8.57. The molecule has 0 bridgehead atoms. The highest BCUT2D eigenvalue weighted by Gasteiger charge is 1.86. The van der Waals surface area contributed by atoms with Crippen LogP contribution in [0.2, 0.25) is 0 Å². The van der Waals surface area contributed by atoms with Gasteiger partial charge in [0.05, 0.1) is 0 Å². The Morgan fingerprint density at radius 2 is 1.36 bits per heavy atom. The van der Waals surface area contributed by atoms with Crippen LogP contribution in [0.1, 0.15) is 64.7 Å². The SMILES string of the molecule is CCCCCCCC=CCCCCO. The van der Waals surface area contributed by atoms with E-state index < -0.39 is 0 Å². The zero-order chi connectivity index (χ0) is 10.5. The minimum atomic E-state index is 0.338. The van der Waals surface area contributed by atoms with Gasteiger partial charge in [0.2, 0.25) is 0 Å². The van der Waals surface area contributed by atoms with Gasteiger partial charge in [0.25, 0.3) is 0 Å². The van der Waals surface area contributed by atoms with Crippen molar-refractivity contribution in [2.45, 2.75) is 64.7 Å². The zero-order valence-corrected chi connectivity index (χ0v) is 9.67. The molecule has 0 aromatic rings. The Bertz CT molecular complexity index is 118. The summed E-state index contributed by atoms with van der Waals surface area (Å²) in [5.74, 6) is 0. The zero-order valence-electron chi connectivity index (χ0n) is 9.67. The van der Waals surface area contributed by atoms with Gasteiger partial charge in [0.1, 0.15) is 0 Å². The van der Waals surface area contributed by atoms with Crippen LogP contribution in [0, 0.1) is 0 Å². The fourth-order valence-corrected chi connectivity index (χ4v) is 1.48. The maximum atomic E-state index is 8.57. The van der Waals surface area contributed by atoms with Crippen molar-refractivity contribution >= 4 is 0 Å².